The van der Waals surface area contributed by atoms with Crippen molar-refractivity contribution in [2.45, 2.75) is 31.2 Å². The zero-order chi connectivity index (χ0) is 26.6. The molecular formula is C24H22Cl3N3O5S. The summed E-state index contributed by atoms with van der Waals surface area (Å²) in [5, 5.41) is 16.3. The monoisotopic (exact) mass is 569 g/mol. The number of carbonyl (C=O) groups is 2. The van der Waals surface area contributed by atoms with E-state index in [9.17, 15) is 23.1 Å². The molecule has 3 aromatic carbocycles. The Labute approximate surface area is 223 Å². The van der Waals surface area contributed by atoms with E-state index in [0.717, 1.165) is 5.56 Å². The van der Waals surface area contributed by atoms with E-state index in [1.165, 1.54) is 49.4 Å². The lowest BCUT2D eigenvalue weighted by atomic mass is 10.1. The number of hydrogen-bond donors (Lipinski definition) is 4. The molecule has 0 bridgehead atoms. The van der Waals surface area contributed by atoms with Gasteiger partial charge in [-0.3, -0.25) is 9.59 Å². The maximum atomic E-state index is 12.5. The minimum absolute atomic E-state index is 0.0117. The van der Waals surface area contributed by atoms with Gasteiger partial charge in [0.1, 0.15) is 5.75 Å². The van der Waals surface area contributed by atoms with E-state index in [1.807, 2.05) is 0 Å². The van der Waals surface area contributed by atoms with Crippen LogP contribution in [-0.4, -0.2) is 31.4 Å². The third kappa shape index (κ3) is 7.11. The molecule has 0 aliphatic heterocycles. The zero-order valence-electron chi connectivity index (χ0n) is 19.1. The fourth-order valence-corrected chi connectivity index (χ4v) is 4.91. The summed E-state index contributed by atoms with van der Waals surface area (Å²) in [7, 11) is -3.86. The Morgan fingerprint density at radius 3 is 2.22 bits per heavy atom. The lowest BCUT2D eigenvalue weighted by molar-refractivity contribution is -0.116. The molecule has 36 heavy (non-hydrogen) atoms. The van der Waals surface area contributed by atoms with E-state index in [-0.39, 0.29) is 39.0 Å². The van der Waals surface area contributed by atoms with Gasteiger partial charge >= 0.3 is 0 Å². The van der Waals surface area contributed by atoms with Crippen molar-refractivity contribution in [3.63, 3.8) is 0 Å². The quantitative estimate of drug-likeness (QED) is 0.262. The van der Waals surface area contributed by atoms with E-state index < -0.39 is 27.9 Å². The summed E-state index contributed by atoms with van der Waals surface area (Å²) in [6.45, 7) is 3.33. The van der Waals surface area contributed by atoms with Crippen LogP contribution in [0.1, 0.15) is 29.3 Å². The Morgan fingerprint density at radius 1 is 0.917 bits per heavy atom. The van der Waals surface area contributed by atoms with Crippen LogP contribution in [0.3, 0.4) is 0 Å². The standard InChI is InChI=1S/C24H22Cl3N3O5S/c1-13-3-4-15(10-18(13)26)24(33)29-21-11-19(27)20(12-22(21)31)28-23(32)9-14(2)30-36(34,35)17-7-5-16(25)6-8-17/h3-8,10-12,14,30-31H,9H2,1-2H3,(H,28,32)(H,29,33). The second kappa shape index (κ2) is 11.5. The van der Waals surface area contributed by atoms with Gasteiger partial charge in [0.2, 0.25) is 15.9 Å². The average molecular weight is 571 g/mol. The highest BCUT2D eigenvalue weighted by Crippen LogP contribution is 2.34. The van der Waals surface area contributed by atoms with E-state index in [0.29, 0.717) is 10.0 Å². The van der Waals surface area contributed by atoms with Crippen molar-refractivity contribution < 1.29 is 23.1 Å². The molecule has 1 atom stereocenters. The molecule has 0 saturated heterocycles. The number of phenols is 1. The molecule has 2 amide bonds. The number of nitrogens with one attached hydrogen (secondary N) is 3. The van der Waals surface area contributed by atoms with Gasteiger partial charge in [0.15, 0.2) is 0 Å². The topological polar surface area (TPSA) is 125 Å². The van der Waals surface area contributed by atoms with Gasteiger partial charge < -0.3 is 15.7 Å². The second-order valence-corrected chi connectivity index (χ2v) is 11.0. The summed E-state index contributed by atoms with van der Waals surface area (Å²) in [4.78, 5) is 25.0. The van der Waals surface area contributed by atoms with Gasteiger partial charge in [-0.2, -0.15) is 0 Å². The number of sulfonamides is 1. The summed E-state index contributed by atoms with van der Waals surface area (Å²) in [6.07, 6.45) is -0.212. The molecule has 0 saturated carbocycles. The van der Waals surface area contributed by atoms with Gasteiger partial charge in [0.05, 0.1) is 21.3 Å². The third-order valence-corrected chi connectivity index (χ3v) is 7.59. The van der Waals surface area contributed by atoms with Crippen LogP contribution in [0.25, 0.3) is 0 Å². The van der Waals surface area contributed by atoms with Crippen LogP contribution in [0.4, 0.5) is 11.4 Å². The van der Waals surface area contributed by atoms with E-state index >= 15 is 0 Å². The molecule has 0 aromatic heterocycles. The predicted octanol–water partition coefficient (Wildman–Crippen LogP) is 5.61. The van der Waals surface area contributed by atoms with Crippen LogP contribution in [0, 0.1) is 6.92 Å². The van der Waals surface area contributed by atoms with Crippen molar-refractivity contribution in [3.05, 3.63) is 80.8 Å². The van der Waals surface area contributed by atoms with E-state index in [4.69, 9.17) is 34.8 Å². The fourth-order valence-electron chi connectivity index (χ4n) is 3.15. The van der Waals surface area contributed by atoms with Crippen LogP contribution in [0.15, 0.2) is 59.5 Å². The molecule has 0 fully saturated rings. The van der Waals surface area contributed by atoms with Gasteiger partial charge in [-0.05, 0) is 61.9 Å². The number of carbonyl (C=O) groups excluding carboxylic acids is 2. The van der Waals surface area contributed by atoms with E-state index in [1.54, 1.807) is 19.1 Å². The molecule has 0 spiro atoms. The van der Waals surface area contributed by atoms with Gasteiger partial charge in [0, 0.05) is 34.1 Å². The minimum Gasteiger partial charge on any atom is -0.506 e. The Bertz CT molecular complexity index is 1410. The first-order valence-corrected chi connectivity index (χ1v) is 13.1. The number of anilines is 2. The van der Waals surface area contributed by atoms with Crippen molar-refractivity contribution >= 4 is 68.0 Å². The smallest absolute Gasteiger partial charge is 0.255 e. The van der Waals surface area contributed by atoms with Crippen molar-refractivity contribution in [1.29, 1.82) is 0 Å². The number of aromatic hydroxyl groups is 1. The predicted molar refractivity (Wildman–Crippen MR) is 142 cm³/mol. The molecule has 8 nitrogen and oxygen atoms in total. The maximum absolute atomic E-state index is 12.5. The first kappa shape index (κ1) is 27.8. The molecule has 0 heterocycles. The third-order valence-electron chi connectivity index (χ3n) is 5.01. The van der Waals surface area contributed by atoms with Crippen LogP contribution in [-0.2, 0) is 14.8 Å². The molecule has 12 heteroatoms. The highest BCUT2D eigenvalue weighted by atomic mass is 35.5. The number of halogens is 3. The summed E-state index contributed by atoms with van der Waals surface area (Å²) in [6, 6.07) is 12.1. The lowest BCUT2D eigenvalue weighted by Crippen LogP contribution is -2.35. The van der Waals surface area contributed by atoms with Crippen LogP contribution < -0.4 is 15.4 Å². The van der Waals surface area contributed by atoms with Gasteiger partial charge in [0.25, 0.3) is 5.91 Å². The normalized spacial score (nSPS) is 12.1. The average Bonchev–Trinajstić information content (AvgIpc) is 2.78. The molecular weight excluding hydrogens is 549 g/mol. The molecule has 3 rings (SSSR count). The van der Waals surface area contributed by atoms with E-state index in [2.05, 4.69) is 15.4 Å². The summed E-state index contributed by atoms with van der Waals surface area (Å²) < 4.78 is 27.4. The van der Waals surface area contributed by atoms with Gasteiger partial charge in [-0.25, -0.2) is 13.1 Å². The first-order valence-electron chi connectivity index (χ1n) is 10.5. The Balaban J connectivity index is 1.64. The van der Waals surface area contributed by atoms with Crippen molar-refractivity contribution in [2.24, 2.45) is 0 Å². The summed E-state index contributed by atoms with van der Waals surface area (Å²) in [5.41, 5.74) is 1.21. The first-order chi connectivity index (χ1) is 16.9. The zero-order valence-corrected chi connectivity index (χ0v) is 22.2. The molecule has 0 aliphatic rings. The van der Waals surface area contributed by atoms with Crippen molar-refractivity contribution in [2.75, 3.05) is 10.6 Å². The number of hydrogen-bond acceptors (Lipinski definition) is 5. The highest BCUT2D eigenvalue weighted by molar-refractivity contribution is 7.89. The van der Waals surface area contributed by atoms with Crippen LogP contribution >= 0.6 is 34.8 Å². The van der Waals surface area contributed by atoms with Gasteiger partial charge in [-0.15, -0.1) is 0 Å². The Morgan fingerprint density at radius 2 is 1.58 bits per heavy atom. The molecule has 0 radical (unpaired) electrons. The van der Waals surface area contributed by atoms with Crippen molar-refractivity contribution in [3.8, 4) is 5.75 Å². The summed E-state index contributed by atoms with van der Waals surface area (Å²) >= 11 is 18.1. The number of rotatable bonds is 8. The molecule has 4 N–H and O–H groups in total. The summed E-state index contributed by atoms with van der Waals surface area (Å²) in [5.74, 6) is -1.40. The van der Waals surface area contributed by atoms with Crippen LogP contribution in [0.2, 0.25) is 15.1 Å². The molecule has 3 aromatic rings. The molecule has 190 valence electrons. The second-order valence-electron chi connectivity index (χ2n) is 8.00. The number of aryl methyl sites for hydroxylation is 1. The number of phenolic OH excluding ortho intramolecular Hbond substituents is 1. The fraction of sp³-hybridized carbons (Fsp3) is 0.167. The number of benzene rings is 3. The maximum Gasteiger partial charge on any atom is 0.255 e. The Hall–Kier alpha value is -2.82. The SMILES string of the molecule is Cc1ccc(C(=O)Nc2cc(Cl)c(NC(=O)CC(C)NS(=O)(=O)c3ccc(Cl)cc3)cc2O)cc1Cl. The largest absolute Gasteiger partial charge is 0.506 e. The van der Waals surface area contributed by atoms with Crippen LogP contribution in [0.5, 0.6) is 5.75 Å². The van der Waals surface area contributed by atoms with Gasteiger partial charge in [-0.1, -0.05) is 40.9 Å². The lowest BCUT2D eigenvalue weighted by Gasteiger charge is -2.16. The molecule has 0 aliphatic carbocycles. The molecule has 1 unspecified atom stereocenters. The number of amides is 2. The van der Waals surface area contributed by atoms with Crippen molar-refractivity contribution in [1.82, 2.24) is 4.72 Å². The minimum atomic E-state index is -3.86. The Kier molecular flexibility index (Phi) is 8.86. The highest BCUT2D eigenvalue weighted by Gasteiger charge is 2.20.